The maximum atomic E-state index is 9.51. The molecule has 0 aromatic heterocycles. The van der Waals surface area contributed by atoms with Crippen LogP contribution in [0.5, 0.6) is 0 Å². The lowest BCUT2D eigenvalue weighted by atomic mass is 10.0. The molecule has 21 heavy (non-hydrogen) atoms. The van der Waals surface area contributed by atoms with Gasteiger partial charge in [-0.1, -0.05) is 61.0 Å². The molecule has 0 aliphatic heterocycles. The van der Waals surface area contributed by atoms with Gasteiger partial charge in [-0.25, -0.2) is 0 Å². The first-order chi connectivity index (χ1) is 9.68. The van der Waals surface area contributed by atoms with Crippen molar-refractivity contribution in [2.24, 2.45) is 5.92 Å². The highest BCUT2D eigenvalue weighted by atomic mass is 28.4. The van der Waals surface area contributed by atoms with Crippen LogP contribution in [0.4, 0.5) is 0 Å². The normalized spacial score (nSPS) is 15.8. The van der Waals surface area contributed by atoms with Gasteiger partial charge in [0, 0.05) is 6.61 Å². The number of rotatable bonds is 11. The lowest BCUT2D eigenvalue weighted by Gasteiger charge is -2.42. The van der Waals surface area contributed by atoms with Gasteiger partial charge in [0.1, 0.15) is 0 Å². The second kappa shape index (κ2) is 9.81. The molecule has 0 aromatic rings. The van der Waals surface area contributed by atoms with E-state index in [9.17, 15) is 5.11 Å². The minimum atomic E-state index is -1.72. The van der Waals surface area contributed by atoms with Crippen LogP contribution in [0.1, 0.15) is 67.7 Å². The maximum absolute atomic E-state index is 9.51. The fraction of sp³-hybridized carbons (Fsp3) is 0.889. The predicted molar refractivity (Wildman–Crippen MR) is 96.2 cm³/mol. The summed E-state index contributed by atoms with van der Waals surface area (Å²) in [5.74, 6) is 0.560. The van der Waals surface area contributed by atoms with Gasteiger partial charge >= 0.3 is 0 Å². The van der Waals surface area contributed by atoms with Crippen LogP contribution in [0.2, 0.25) is 16.6 Å². The monoisotopic (exact) mass is 314 g/mol. The molecule has 0 bridgehead atoms. The van der Waals surface area contributed by atoms with Gasteiger partial charge in [0.05, 0.1) is 6.10 Å². The van der Waals surface area contributed by atoms with E-state index in [0.717, 1.165) is 25.9 Å². The number of hydrogen-bond acceptors (Lipinski definition) is 2. The van der Waals surface area contributed by atoms with E-state index in [1.165, 1.54) is 0 Å². The second-order valence-corrected chi connectivity index (χ2v) is 12.9. The third-order valence-corrected chi connectivity index (χ3v) is 10.9. The second-order valence-electron chi connectivity index (χ2n) is 7.47. The minimum Gasteiger partial charge on any atom is -0.416 e. The average Bonchev–Trinajstić information content (AvgIpc) is 2.37. The molecule has 0 fully saturated rings. The molecule has 0 saturated heterocycles. The lowest BCUT2D eigenvalue weighted by molar-refractivity contribution is 0.192. The zero-order valence-corrected chi connectivity index (χ0v) is 16.4. The van der Waals surface area contributed by atoms with Crippen molar-refractivity contribution in [1.82, 2.24) is 0 Å². The van der Waals surface area contributed by atoms with Crippen LogP contribution in [0.15, 0.2) is 12.7 Å². The molecule has 0 amide bonds. The van der Waals surface area contributed by atoms with Gasteiger partial charge < -0.3 is 9.53 Å². The van der Waals surface area contributed by atoms with E-state index in [4.69, 9.17) is 4.43 Å². The van der Waals surface area contributed by atoms with Crippen LogP contribution >= 0.6 is 0 Å². The Morgan fingerprint density at radius 2 is 1.43 bits per heavy atom. The Morgan fingerprint density at radius 3 is 1.81 bits per heavy atom. The van der Waals surface area contributed by atoms with Crippen molar-refractivity contribution in [1.29, 1.82) is 0 Å². The molecular formula is C18H38O2Si. The summed E-state index contributed by atoms with van der Waals surface area (Å²) in [7, 11) is -1.72. The van der Waals surface area contributed by atoms with Gasteiger partial charge in [-0.15, -0.1) is 6.58 Å². The summed E-state index contributed by atoms with van der Waals surface area (Å²) in [4.78, 5) is 0. The van der Waals surface area contributed by atoms with Crippen LogP contribution in [-0.2, 0) is 4.43 Å². The smallest absolute Gasteiger partial charge is 0.200 e. The minimum absolute atomic E-state index is 0.353. The predicted octanol–water partition coefficient (Wildman–Crippen LogP) is 5.53. The molecular weight excluding hydrogens is 276 g/mol. The fourth-order valence-electron chi connectivity index (χ4n) is 3.66. The molecule has 1 N–H and O–H groups in total. The molecule has 0 heterocycles. The van der Waals surface area contributed by atoms with Gasteiger partial charge in [0.25, 0.3) is 0 Å². The van der Waals surface area contributed by atoms with Gasteiger partial charge in [-0.2, -0.15) is 0 Å². The van der Waals surface area contributed by atoms with E-state index in [0.29, 0.717) is 22.5 Å². The Hall–Kier alpha value is -0.123. The zero-order chi connectivity index (χ0) is 16.6. The first kappa shape index (κ1) is 20.9. The Balaban J connectivity index is 4.45. The van der Waals surface area contributed by atoms with Crippen molar-refractivity contribution in [3.05, 3.63) is 12.7 Å². The molecule has 3 heteroatoms. The summed E-state index contributed by atoms with van der Waals surface area (Å²) in [6.45, 7) is 20.7. The third-order valence-electron chi connectivity index (χ3n) is 4.79. The molecule has 0 aliphatic rings. The standard InChI is InChI=1S/C18H38O2Si/c1-9-18(19)12-10-11-17(8)13-20-21(14(2)3,15(4)5)16(6)7/h9,14-19H,1,10-13H2,2-8H3/t17-,18-/m0/s1. The van der Waals surface area contributed by atoms with Gasteiger partial charge in [0.2, 0.25) is 0 Å². The van der Waals surface area contributed by atoms with E-state index in [2.05, 4.69) is 55.0 Å². The molecule has 0 saturated carbocycles. The van der Waals surface area contributed by atoms with Crippen molar-refractivity contribution in [3.8, 4) is 0 Å². The third kappa shape index (κ3) is 6.25. The highest BCUT2D eigenvalue weighted by Gasteiger charge is 2.45. The SMILES string of the molecule is C=C[C@H](O)CCC[C@H](C)CO[Si](C(C)C)(C(C)C)C(C)C. The summed E-state index contributed by atoms with van der Waals surface area (Å²) in [6.07, 6.45) is 4.24. The molecule has 2 nitrogen and oxygen atoms in total. The van der Waals surface area contributed by atoms with Crippen LogP contribution < -0.4 is 0 Å². The van der Waals surface area contributed by atoms with Gasteiger partial charge in [-0.3, -0.25) is 0 Å². The first-order valence-corrected chi connectivity index (χ1v) is 10.8. The molecule has 0 spiro atoms. The first-order valence-electron chi connectivity index (χ1n) is 8.62. The zero-order valence-electron chi connectivity index (χ0n) is 15.4. The number of hydrogen-bond donors (Lipinski definition) is 1. The Labute approximate surface area is 134 Å². The molecule has 0 rings (SSSR count). The Bertz CT molecular complexity index is 265. The summed E-state index contributed by atoms with van der Waals surface area (Å²) >= 11 is 0. The summed E-state index contributed by atoms with van der Waals surface area (Å²) in [6, 6.07) is 0. The molecule has 0 radical (unpaired) electrons. The van der Waals surface area contributed by atoms with Crippen molar-refractivity contribution < 1.29 is 9.53 Å². The van der Waals surface area contributed by atoms with E-state index in [1.54, 1.807) is 6.08 Å². The van der Waals surface area contributed by atoms with Gasteiger partial charge in [0.15, 0.2) is 8.32 Å². The van der Waals surface area contributed by atoms with Crippen molar-refractivity contribution in [2.75, 3.05) is 6.61 Å². The number of aliphatic hydroxyl groups excluding tert-OH is 1. The maximum Gasteiger partial charge on any atom is 0.200 e. The summed E-state index contributed by atoms with van der Waals surface area (Å²) < 4.78 is 6.62. The average molecular weight is 315 g/mol. The van der Waals surface area contributed by atoms with E-state index >= 15 is 0 Å². The van der Waals surface area contributed by atoms with Crippen molar-refractivity contribution >= 4 is 8.32 Å². The quantitative estimate of drug-likeness (QED) is 0.401. The van der Waals surface area contributed by atoms with Crippen molar-refractivity contribution in [2.45, 2.75) is 90.5 Å². The largest absolute Gasteiger partial charge is 0.416 e. The van der Waals surface area contributed by atoms with Crippen LogP contribution in [0.3, 0.4) is 0 Å². The van der Waals surface area contributed by atoms with Crippen molar-refractivity contribution in [3.63, 3.8) is 0 Å². The molecule has 126 valence electrons. The fourth-order valence-corrected chi connectivity index (χ4v) is 9.24. The summed E-state index contributed by atoms with van der Waals surface area (Å²) in [5, 5.41) is 9.51. The Morgan fingerprint density at radius 1 is 0.952 bits per heavy atom. The van der Waals surface area contributed by atoms with E-state index in [-0.39, 0.29) is 6.10 Å². The molecule has 0 aromatic carbocycles. The number of aliphatic hydroxyl groups is 1. The Kier molecular flexibility index (Phi) is 9.75. The highest BCUT2D eigenvalue weighted by molar-refractivity contribution is 6.77. The molecule has 2 atom stereocenters. The summed E-state index contributed by atoms with van der Waals surface area (Å²) in [5.41, 5.74) is 1.94. The molecule has 0 aliphatic carbocycles. The van der Waals surface area contributed by atoms with E-state index < -0.39 is 8.32 Å². The highest BCUT2D eigenvalue weighted by Crippen LogP contribution is 2.42. The van der Waals surface area contributed by atoms with Crippen LogP contribution in [0.25, 0.3) is 0 Å². The lowest BCUT2D eigenvalue weighted by Crippen LogP contribution is -2.48. The van der Waals surface area contributed by atoms with Crippen LogP contribution in [0, 0.1) is 5.92 Å². The molecule has 0 unspecified atom stereocenters. The topological polar surface area (TPSA) is 29.5 Å². The van der Waals surface area contributed by atoms with E-state index in [1.807, 2.05) is 0 Å². The van der Waals surface area contributed by atoms with Crippen LogP contribution in [-0.4, -0.2) is 26.1 Å². The van der Waals surface area contributed by atoms with Gasteiger partial charge in [-0.05, 0) is 35.4 Å².